The molecule has 0 saturated heterocycles. The van der Waals surface area contributed by atoms with Gasteiger partial charge in [-0.25, -0.2) is 5.43 Å². The molecule has 2 heterocycles. The van der Waals surface area contributed by atoms with E-state index in [1.54, 1.807) is 29.3 Å². The number of nitrogens with zero attached hydrogens (tertiary/aromatic N) is 1. The number of aryl methyl sites for hydroxylation is 1. The van der Waals surface area contributed by atoms with Gasteiger partial charge in [-0.3, -0.25) is 4.79 Å². The summed E-state index contributed by atoms with van der Waals surface area (Å²) in [5.41, 5.74) is 6.05. The lowest BCUT2D eigenvalue weighted by atomic mass is 10.1. The summed E-state index contributed by atoms with van der Waals surface area (Å²) in [6.07, 6.45) is 7.92. The Morgan fingerprint density at radius 3 is 3.12 bits per heavy atom. The minimum Gasteiger partial charge on any atom is -0.361 e. The first-order valence-corrected chi connectivity index (χ1v) is 9.87. The van der Waals surface area contributed by atoms with Crippen molar-refractivity contribution in [2.45, 2.75) is 23.5 Å². The molecule has 1 aromatic carbocycles. The highest BCUT2D eigenvalue weighted by atomic mass is 32.2. The minimum atomic E-state index is -0.0491. The Hall–Kier alpha value is -2.05. The standard InChI is InChI=1S/C18H19N3OS2/c1-23-18-14(9-10-24-18)12-20-21-17(22)8-4-5-13-11-19-16-7-3-2-6-15(13)16/h2-3,6-7,9-12,19H,4-5,8H2,1H3,(H,21,22)/b20-12+. The van der Waals surface area contributed by atoms with Crippen LogP contribution < -0.4 is 5.43 Å². The number of nitrogens with one attached hydrogen (secondary N) is 2. The first-order chi connectivity index (χ1) is 11.8. The molecule has 0 atom stereocenters. The molecular weight excluding hydrogens is 338 g/mol. The molecule has 24 heavy (non-hydrogen) atoms. The maximum absolute atomic E-state index is 11.9. The monoisotopic (exact) mass is 357 g/mol. The third kappa shape index (κ3) is 4.07. The molecule has 0 spiro atoms. The molecule has 0 unspecified atom stereocenters. The van der Waals surface area contributed by atoms with Crippen LogP contribution in [0.15, 0.2) is 51.2 Å². The van der Waals surface area contributed by atoms with Crippen molar-refractivity contribution >= 4 is 46.1 Å². The van der Waals surface area contributed by atoms with Gasteiger partial charge in [0, 0.05) is 29.1 Å². The van der Waals surface area contributed by atoms with Crippen molar-refractivity contribution in [2.24, 2.45) is 5.10 Å². The third-order valence-corrected chi connectivity index (χ3v) is 5.88. The van der Waals surface area contributed by atoms with E-state index in [9.17, 15) is 4.79 Å². The van der Waals surface area contributed by atoms with E-state index in [0.717, 1.165) is 23.9 Å². The van der Waals surface area contributed by atoms with Crippen LogP contribution in [0.3, 0.4) is 0 Å². The lowest BCUT2D eigenvalue weighted by Gasteiger charge is -2.00. The van der Waals surface area contributed by atoms with Gasteiger partial charge in [-0.15, -0.1) is 23.1 Å². The van der Waals surface area contributed by atoms with E-state index in [1.165, 1.54) is 15.2 Å². The van der Waals surface area contributed by atoms with Crippen molar-refractivity contribution in [3.8, 4) is 0 Å². The number of para-hydroxylation sites is 1. The number of hydrogen-bond donors (Lipinski definition) is 2. The predicted molar refractivity (Wildman–Crippen MR) is 103 cm³/mol. The zero-order valence-electron chi connectivity index (χ0n) is 13.4. The summed E-state index contributed by atoms with van der Waals surface area (Å²) >= 11 is 3.36. The van der Waals surface area contributed by atoms with Crippen LogP contribution >= 0.6 is 23.1 Å². The van der Waals surface area contributed by atoms with E-state index in [4.69, 9.17) is 0 Å². The molecule has 0 saturated carbocycles. The number of hydrazone groups is 1. The molecule has 1 amide bonds. The number of aromatic nitrogens is 1. The van der Waals surface area contributed by atoms with Gasteiger partial charge in [-0.05, 0) is 42.2 Å². The van der Waals surface area contributed by atoms with Crippen molar-refractivity contribution in [3.05, 3.63) is 53.0 Å². The van der Waals surface area contributed by atoms with Crippen LogP contribution in [-0.2, 0) is 11.2 Å². The van der Waals surface area contributed by atoms with Gasteiger partial charge in [0.2, 0.25) is 5.91 Å². The molecule has 124 valence electrons. The van der Waals surface area contributed by atoms with Crippen molar-refractivity contribution in [2.75, 3.05) is 6.26 Å². The molecule has 3 rings (SSSR count). The highest BCUT2D eigenvalue weighted by Crippen LogP contribution is 2.25. The Kier molecular flexibility index (Phi) is 5.72. The normalized spacial score (nSPS) is 11.4. The van der Waals surface area contributed by atoms with E-state index in [2.05, 4.69) is 27.6 Å². The number of H-pyrrole nitrogens is 1. The molecule has 2 aromatic heterocycles. The van der Waals surface area contributed by atoms with Crippen molar-refractivity contribution in [1.29, 1.82) is 0 Å². The summed E-state index contributed by atoms with van der Waals surface area (Å²) in [6.45, 7) is 0. The van der Waals surface area contributed by atoms with Gasteiger partial charge in [0.25, 0.3) is 0 Å². The molecule has 2 N–H and O–H groups in total. The maximum atomic E-state index is 11.9. The van der Waals surface area contributed by atoms with Gasteiger partial charge < -0.3 is 4.98 Å². The maximum Gasteiger partial charge on any atom is 0.240 e. The molecule has 4 nitrogen and oxygen atoms in total. The molecule has 0 aliphatic heterocycles. The summed E-state index contributed by atoms with van der Waals surface area (Å²) in [4.78, 5) is 15.1. The van der Waals surface area contributed by atoms with Crippen LogP contribution in [-0.4, -0.2) is 23.4 Å². The number of hydrogen-bond acceptors (Lipinski definition) is 4. The van der Waals surface area contributed by atoms with Crippen molar-refractivity contribution in [3.63, 3.8) is 0 Å². The highest BCUT2D eigenvalue weighted by Gasteiger charge is 2.05. The van der Waals surface area contributed by atoms with E-state index >= 15 is 0 Å². The number of carbonyl (C=O) groups is 1. The number of fused-ring (bicyclic) bond motifs is 1. The van der Waals surface area contributed by atoms with Gasteiger partial charge in [0.1, 0.15) is 0 Å². The quantitative estimate of drug-likeness (QED) is 0.373. The summed E-state index contributed by atoms with van der Waals surface area (Å²) in [5, 5.41) is 7.31. The second-order valence-corrected chi connectivity index (χ2v) is 7.36. The Morgan fingerprint density at radius 1 is 1.38 bits per heavy atom. The summed E-state index contributed by atoms with van der Waals surface area (Å²) in [7, 11) is 0. The molecule has 0 bridgehead atoms. The number of thiophene rings is 1. The van der Waals surface area contributed by atoms with E-state index in [0.29, 0.717) is 6.42 Å². The Morgan fingerprint density at radius 2 is 2.25 bits per heavy atom. The second kappa shape index (κ2) is 8.17. The Bertz CT molecular complexity index is 851. The number of aromatic amines is 1. The lowest BCUT2D eigenvalue weighted by molar-refractivity contribution is -0.121. The van der Waals surface area contributed by atoms with Crippen LogP contribution in [0.1, 0.15) is 24.0 Å². The fourth-order valence-corrected chi connectivity index (χ4v) is 4.08. The Labute approximate surface area is 149 Å². The van der Waals surface area contributed by atoms with Gasteiger partial charge in [-0.1, -0.05) is 18.2 Å². The third-order valence-electron chi connectivity index (χ3n) is 3.76. The first kappa shape index (κ1) is 16.8. The average molecular weight is 358 g/mol. The first-order valence-electron chi connectivity index (χ1n) is 7.76. The molecule has 3 aromatic rings. The summed E-state index contributed by atoms with van der Waals surface area (Å²) in [6, 6.07) is 10.2. The largest absolute Gasteiger partial charge is 0.361 e. The number of rotatable bonds is 7. The molecule has 6 heteroatoms. The van der Waals surface area contributed by atoms with Crippen LogP contribution in [0.2, 0.25) is 0 Å². The van der Waals surface area contributed by atoms with Crippen LogP contribution in [0, 0.1) is 0 Å². The molecular formula is C18H19N3OS2. The van der Waals surface area contributed by atoms with Crippen LogP contribution in [0.5, 0.6) is 0 Å². The van der Waals surface area contributed by atoms with Gasteiger partial charge in [0.15, 0.2) is 0 Å². The molecule has 0 aliphatic carbocycles. The van der Waals surface area contributed by atoms with Crippen LogP contribution in [0.25, 0.3) is 10.9 Å². The smallest absolute Gasteiger partial charge is 0.240 e. The number of thioether (sulfide) groups is 1. The van der Waals surface area contributed by atoms with Gasteiger partial charge in [0.05, 0.1) is 10.4 Å². The number of benzene rings is 1. The van der Waals surface area contributed by atoms with Crippen molar-refractivity contribution < 1.29 is 4.79 Å². The lowest BCUT2D eigenvalue weighted by Crippen LogP contribution is -2.17. The fraction of sp³-hybridized carbons (Fsp3) is 0.222. The van der Waals surface area contributed by atoms with E-state index in [1.807, 2.05) is 36.0 Å². The Balaban J connectivity index is 1.46. The van der Waals surface area contributed by atoms with Gasteiger partial charge in [-0.2, -0.15) is 5.10 Å². The number of carbonyl (C=O) groups excluding carboxylic acids is 1. The topological polar surface area (TPSA) is 57.2 Å². The van der Waals surface area contributed by atoms with Crippen molar-refractivity contribution in [1.82, 2.24) is 10.4 Å². The van der Waals surface area contributed by atoms with E-state index < -0.39 is 0 Å². The molecule has 0 radical (unpaired) electrons. The number of amides is 1. The van der Waals surface area contributed by atoms with E-state index in [-0.39, 0.29) is 5.91 Å². The molecule has 0 fully saturated rings. The zero-order chi connectivity index (χ0) is 16.8. The zero-order valence-corrected chi connectivity index (χ0v) is 15.0. The van der Waals surface area contributed by atoms with Crippen LogP contribution in [0.4, 0.5) is 0 Å². The predicted octanol–water partition coefficient (Wildman–Crippen LogP) is 4.42. The summed E-state index contributed by atoms with van der Waals surface area (Å²) < 4.78 is 1.20. The fourth-order valence-electron chi connectivity index (χ4n) is 2.57. The second-order valence-electron chi connectivity index (χ2n) is 5.37. The van der Waals surface area contributed by atoms with Gasteiger partial charge >= 0.3 is 0 Å². The average Bonchev–Trinajstić information content (AvgIpc) is 3.22. The highest BCUT2D eigenvalue weighted by molar-refractivity contribution is 8.00. The molecule has 0 aliphatic rings. The summed E-state index contributed by atoms with van der Waals surface area (Å²) in [5.74, 6) is -0.0491. The SMILES string of the molecule is CSc1sccc1/C=N/NC(=O)CCCc1c[nH]c2ccccc12. The minimum absolute atomic E-state index is 0.0491.